The van der Waals surface area contributed by atoms with Crippen LogP contribution in [-0.2, 0) is 0 Å². The van der Waals surface area contributed by atoms with Gasteiger partial charge in [0.15, 0.2) is 11.5 Å². The number of nitrogens with one attached hydrogen (secondary N) is 1. The second-order valence-electron chi connectivity index (χ2n) is 5.83. The number of hydrogen-bond donors (Lipinski definition) is 1. The van der Waals surface area contributed by atoms with Gasteiger partial charge in [-0.1, -0.05) is 18.2 Å². The third-order valence-corrected chi connectivity index (χ3v) is 4.94. The third kappa shape index (κ3) is 4.09. The fourth-order valence-corrected chi connectivity index (χ4v) is 3.51. The lowest BCUT2D eigenvalue weighted by Gasteiger charge is -2.13. The van der Waals surface area contributed by atoms with Crippen LogP contribution in [0, 0.1) is 5.82 Å². The van der Waals surface area contributed by atoms with Gasteiger partial charge in [-0.2, -0.15) is 0 Å². The van der Waals surface area contributed by atoms with E-state index >= 15 is 0 Å². The molecular formula is C20H19FN2O3S. The Kier molecular flexibility index (Phi) is 5.71. The van der Waals surface area contributed by atoms with Gasteiger partial charge in [0.1, 0.15) is 16.5 Å². The van der Waals surface area contributed by atoms with Crippen molar-refractivity contribution < 1.29 is 18.7 Å². The zero-order valence-corrected chi connectivity index (χ0v) is 16.0. The monoisotopic (exact) mass is 386 g/mol. The van der Waals surface area contributed by atoms with E-state index in [1.807, 2.05) is 12.1 Å². The molecule has 140 valence electrons. The average molecular weight is 386 g/mol. The van der Waals surface area contributed by atoms with E-state index in [0.717, 1.165) is 5.56 Å². The predicted octanol–water partition coefficient (Wildman–Crippen LogP) is 4.46. The van der Waals surface area contributed by atoms with Gasteiger partial charge in [0.2, 0.25) is 0 Å². The predicted molar refractivity (Wildman–Crippen MR) is 103 cm³/mol. The van der Waals surface area contributed by atoms with Crippen LogP contribution in [0.4, 0.5) is 4.39 Å². The van der Waals surface area contributed by atoms with Crippen molar-refractivity contribution in [1.82, 2.24) is 10.3 Å². The Labute approximate surface area is 160 Å². The fourth-order valence-electron chi connectivity index (χ4n) is 2.69. The van der Waals surface area contributed by atoms with Gasteiger partial charge in [-0.15, -0.1) is 11.3 Å². The van der Waals surface area contributed by atoms with E-state index in [0.29, 0.717) is 27.8 Å². The first kappa shape index (κ1) is 18.8. The Hall–Kier alpha value is -2.93. The average Bonchev–Trinajstić information content (AvgIpc) is 3.17. The summed E-state index contributed by atoms with van der Waals surface area (Å²) in [6.45, 7) is 1.80. The minimum atomic E-state index is -0.343. The van der Waals surface area contributed by atoms with Crippen LogP contribution in [0.2, 0.25) is 0 Å². The van der Waals surface area contributed by atoms with Crippen molar-refractivity contribution in [2.24, 2.45) is 0 Å². The zero-order chi connectivity index (χ0) is 19.4. The van der Waals surface area contributed by atoms with Crippen molar-refractivity contribution in [1.29, 1.82) is 0 Å². The molecule has 0 unspecified atom stereocenters. The SMILES string of the molecule is COc1cccc(-c2nc(C(=O)N[C@@H](C)c3cccc(F)c3)cs2)c1OC. The molecule has 0 aliphatic rings. The Morgan fingerprint density at radius 1 is 1.19 bits per heavy atom. The molecule has 0 spiro atoms. The summed E-state index contributed by atoms with van der Waals surface area (Å²) >= 11 is 1.34. The Morgan fingerprint density at radius 3 is 2.67 bits per heavy atom. The van der Waals surface area contributed by atoms with Gasteiger partial charge in [-0.05, 0) is 36.8 Å². The molecule has 0 saturated carbocycles. The molecule has 0 radical (unpaired) electrons. The zero-order valence-electron chi connectivity index (χ0n) is 15.2. The quantitative estimate of drug-likeness (QED) is 0.680. The van der Waals surface area contributed by atoms with E-state index in [2.05, 4.69) is 10.3 Å². The molecule has 0 aliphatic heterocycles. The minimum Gasteiger partial charge on any atom is -0.493 e. The lowest BCUT2D eigenvalue weighted by atomic mass is 10.1. The molecule has 1 aromatic heterocycles. The van der Waals surface area contributed by atoms with Gasteiger partial charge in [0.05, 0.1) is 25.8 Å². The van der Waals surface area contributed by atoms with Crippen molar-refractivity contribution in [3.63, 3.8) is 0 Å². The molecule has 27 heavy (non-hydrogen) atoms. The molecule has 0 bridgehead atoms. The van der Waals surface area contributed by atoms with Gasteiger partial charge < -0.3 is 14.8 Å². The summed E-state index contributed by atoms with van der Waals surface area (Å²) in [7, 11) is 3.12. The highest BCUT2D eigenvalue weighted by molar-refractivity contribution is 7.13. The molecular weight excluding hydrogens is 367 g/mol. The number of thiazole rings is 1. The van der Waals surface area contributed by atoms with E-state index in [9.17, 15) is 9.18 Å². The van der Waals surface area contributed by atoms with Crippen molar-refractivity contribution in [3.05, 3.63) is 64.9 Å². The summed E-state index contributed by atoms with van der Waals surface area (Å²) < 4.78 is 24.1. The normalized spacial score (nSPS) is 11.7. The molecule has 3 aromatic rings. The third-order valence-electron chi connectivity index (χ3n) is 4.07. The summed E-state index contributed by atoms with van der Waals surface area (Å²) in [6, 6.07) is 11.3. The number of para-hydroxylation sites is 1. The summed E-state index contributed by atoms with van der Waals surface area (Å²) in [6.07, 6.45) is 0. The maximum Gasteiger partial charge on any atom is 0.271 e. The smallest absolute Gasteiger partial charge is 0.271 e. The molecule has 0 aliphatic carbocycles. The van der Waals surface area contributed by atoms with Crippen LogP contribution < -0.4 is 14.8 Å². The molecule has 3 rings (SSSR count). The lowest BCUT2D eigenvalue weighted by Crippen LogP contribution is -2.26. The summed E-state index contributed by atoms with van der Waals surface area (Å²) in [5.41, 5.74) is 1.73. The van der Waals surface area contributed by atoms with E-state index in [-0.39, 0.29) is 17.8 Å². The number of ether oxygens (including phenoxy) is 2. The minimum absolute atomic E-state index is 0.295. The van der Waals surface area contributed by atoms with Crippen molar-refractivity contribution >= 4 is 17.2 Å². The first-order chi connectivity index (χ1) is 13.0. The number of hydrogen-bond acceptors (Lipinski definition) is 5. The number of benzene rings is 2. The first-order valence-corrected chi connectivity index (χ1v) is 9.14. The molecule has 0 saturated heterocycles. The molecule has 1 N–H and O–H groups in total. The summed E-state index contributed by atoms with van der Waals surface area (Å²) in [4.78, 5) is 16.9. The number of nitrogens with zero attached hydrogens (tertiary/aromatic N) is 1. The number of halogens is 1. The Balaban J connectivity index is 1.81. The number of methoxy groups -OCH3 is 2. The molecule has 1 amide bonds. The second-order valence-corrected chi connectivity index (χ2v) is 6.69. The van der Waals surface area contributed by atoms with Crippen LogP contribution in [0.3, 0.4) is 0 Å². The molecule has 2 aromatic carbocycles. The Morgan fingerprint density at radius 2 is 1.96 bits per heavy atom. The standard InChI is InChI=1S/C20H19FN2O3S/c1-12(13-6-4-7-14(21)10-13)22-19(24)16-11-27-20(23-16)15-8-5-9-17(25-2)18(15)26-3/h4-12H,1-3H3,(H,22,24)/t12-/m0/s1. The van der Waals surface area contributed by atoms with Crippen LogP contribution >= 0.6 is 11.3 Å². The molecule has 5 nitrogen and oxygen atoms in total. The van der Waals surface area contributed by atoms with Gasteiger partial charge in [-0.25, -0.2) is 9.37 Å². The van der Waals surface area contributed by atoms with E-state index in [4.69, 9.17) is 9.47 Å². The maximum absolute atomic E-state index is 13.4. The number of carbonyl (C=O) groups excluding carboxylic acids is 1. The lowest BCUT2D eigenvalue weighted by molar-refractivity contribution is 0.0935. The maximum atomic E-state index is 13.4. The van der Waals surface area contributed by atoms with E-state index in [1.165, 1.54) is 23.5 Å². The first-order valence-electron chi connectivity index (χ1n) is 8.26. The van der Waals surface area contributed by atoms with Gasteiger partial charge >= 0.3 is 0 Å². The highest BCUT2D eigenvalue weighted by Gasteiger charge is 2.18. The second kappa shape index (κ2) is 8.18. The highest BCUT2D eigenvalue weighted by Crippen LogP contribution is 2.39. The molecule has 1 atom stereocenters. The van der Waals surface area contributed by atoms with Crippen LogP contribution in [0.25, 0.3) is 10.6 Å². The van der Waals surface area contributed by atoms with Crippen LogP contribution in [0.5, 0.6) is 11.5 Å². The van der Waals surface area contributed by atoms with Gasteiger partial charge in [-0.3, -0.25) is 4.79 Å². The number of rotatable bonds is 6. The number of amides is 1. The number of aromatic nitrogens is 1. The van der Waals surface area contributed by atoms with E-state index < -0.39 is 0 Å². The summed E-state index contributed by atoms with van der Waals surface area (Å²) in [5.74, 6) is 0.496. The van der Waals surface area contributed by atoms with Gasteiger partial charge in [0, 0.05) is 5.38 Å². The Bertz CT molecular complexity index is 958. The van der Waals surface area contributed by atoms with Crippen LogP contribution in [0.15, 0.2) is 47.8 Å². The van der Waals surface area contributed by atoms with Gasteiger partial charge in [0.25, 0.3) is 5.91 Å². The number of carbonyl (C=O) groups is 1. The van der Waals surface area contributed by atoms with Crippen LogP contribution in [-0.4, -0.2) is 25.1 Å². The van der Waals surface area contributed by atoms with Crippen LogP contribution in [0.1, 0.15) is 29.0 Å². The molecule has 7 heteroatoms. The van der Waals surface area contributed by atoms with Crippen molar-refractivity contribution in [2.45, 2.75) is 13.0 Å². The topological polar surface area (TPSA) is 60.5 Å². The van der Waals surface area contributed by atoms with Crippen molar-refractivity contribution in [2.75, 3.05) is 14.2 Å². The largest absolute Gasteiger partial charge is 0.493 e. The highest BCUT2D eigenvalue weighted by atomic mass is 32.1. The molecule has 1 heterocycles. The summed E-state index contributed by atoms with van der Waals surface area (Å²) in [5, 5.41) is 5.17. The molecule has 0 fully saturated rings. The van der Waals surface area contributed by atoms with E-state index in [1.54, 1.807) is 44.7 Å². The van der Waals surface area contributed by atoms with Crippen molar-refractivity contribution in [3.8, 4) is 22.1 Å². The fraction of sp³-hybridized carbons (Fsp3) is 0.200.